The van der Waals surface area contributed by atoms with E-state index in [2.05, 4.69) is 5.32 Å². The molecule has 1 aliphatic rings. The SMILES string of the molecule is O=C1Nc2ccccc2[C@@H]1Cc1ccc(O)cc1. The zero-order valence-electron chi connectivity index (χ0n) is 9.76. The predicted molar refractivity (Wildman–Crippen MR) is 69.6 cm³/mol. The molecule has 0 spiro atoms. The first-order valence-corrected chi connectivity index (χ1v) is 5.92. The fourth-order valence-corrected chi connectivity index (χ4v) is 2.35. The number of rotatable bonds is 2. The van der Waals surface area contributed by atoms with Crippen molar-refractivity contribution < 1.29 is 9.90 Å². The molecule has 0 aliphatic carbocycles. The Morgan fingerprint density at radius 1 is 1.06 bits per heavy atom. The molecule has 0 bridgehead atoms. The molecule has 1 amide bonds. The summed E-state index contributed by atoms with van der Waals surface area (Å²) in [5.41, 5.74) is 3.01. The highest BCUT2D eigenvalue weighted by Crippen LogP contribution is 2.34. The highest BCUT2D eigenvalue weighted by Gasteiger charge is 2.29. The largest absolute Gasteiger partial charge is 0.508 e. The molecule has 0 aromatic heterocycles. The molecular formula is C15H13NO2. The van der Waals surface area contributed by atoms with E-state index in [9.17, 15) is 9.90 Å². The van der Waals surface area contributed by atoms with Crippen molar-refractivity contribution in [1.29, 1.82) is 0 Å². The summed E-state index contributed by atoms with van der Waals surface area (Å²) in [6.07, 6.45) is 0.656. The molecule has 3 rings (SSSR count). The lowest BCUT2D eigenvalue weighted by Gasteiger charge is -2.08. The lowest BCUT2D eigenvalue weighted by Crippen LogP contribution is -2.14. The normalized spacial score (nSPS) is 17.3. The van der Waals surface area contributed by atoms with Crippen molar-refractivity contribution in [2.45, 2.75) is 12.3 Å². The second kappa shape index (κ2) is 4.18. The molecule has 2 N–H and O–H groups in total. The number of hydrogen-bond acceptors (Lipinski definition) is 2. The van der Waals surface area contributed by atoms with E-state index >= 15 is 0 Å². The van der Waals surface area contributed by atoms with Gasteiger partial charge in [0, 0.05) is 5.69 Å². The van der Waals surface area contributed by atoms with E-state index in [0.717, 1.165) is 16.8 Å². The minimum atomic E-state index is -0.134. The van der Waals surface area contributed by atoms with Crippen LogP contribution in [0.3, 0.4) is 0 Å². The van der Waals surface area contributed by atoms with Crippen LogP contribution in [0.1, 0.15) is 17.0 Å². The molecule has 0 unspecified atom stereocenters. The molecule has 0 fully saturated rings. The van der Waals surface area contributed by atoms with E-state index < -0.39 is 0 Å². The summed E-state index contributed by atoms with van der Waals surface area (Å²) in [6.45, 7) is 0. The van der Waals surface area contributed by atoms with Crippen molar-refractivity contribution in [2.75, 3.05) is 5.32 Å². The average molecular weight is 239 g/mol. The van der Waals surface area contributed by atoms with Crippen molar-refractivity contribution in [1.82, 2.24) is 0 Å². The number of anilines is 1. The first-order chi connectivity index (χ1) is 8.74. The minimum absolute atomic E-state index is 0.0456. The van der Waals surface area contributed by atoms with Crippen LogP contribution in [-0.4, -0.2) is 11.0 Å². The van der Waals surface area contributed by atoms with Crippen molar-refractivity contribution >= 4 is 11.6 Å². The standard InChI is InChI=1S/C15H13NO2/c17-11-7-5-10(6-8-11)9-13-12-3-1-2-4-14(12)16-15(13)18/h1-8,13,17H,9H2,(H,16,18)/t13-/m0/s1. The molecule has 1 heterocycles. The van der Waals surface area contributed by atoms with Crippen LogP contribution in [0.5, 0.6) is 5.75 Å². The van der Waals surface area contributed by atoms with Gasteiger partial charge in [-0.05, 0) is 35.7 Å². The summed E-state index contributed by atoms with van der Waals surface area (Å²) in [5.74, 6) is 0.157. The van der Waals surface area contributed by atoms with E-state index in [0.29, 0.717) is 6.42 Å². The van der Waals surface area contributed by atoms with Gasteiger partial charge in [0.05, 0.1) is 5.92 Å². The molecule has 2 aromatic rings. The summed E-state index contributed by atoms with van der Waals surface area (Å²) in [5, 5.41) is 12.1. The highest BCUT2D eigenvalue weighted by atomic mass is 16.3. The number of para-hydroxylation sites is 1. The summed E-state index contributed by atoms with van der Waals surface area (Å²) >= 11 is 0. The monoisotopic (exact) mass is 239 g/mol. The maximum absolute atomic E-state index is 11.9. The molecule has 18 heavy (non-hydrogen) atoms. The van der Waals surface area contributed by atoms with Crippen LogP contribution in [0.2, 0.25) is 0 Å². The smallest absolute Gasteiger partial charge is 0.232 e. The Hall–Kier alpha value is -2.29. The number of carbonyl (C=O) groups is 1. The van der Waals surface area contributed by atoms with E-state index in [-0.39, 0.29) is 17.6 Å². The fourth-order valence-electron chi connectivity index (χ4n) is 2.35. The number of carbonyl (C=O) groups excluding carboxylic acids is 1. The summed E-state index contributed by atoms with van der Waals surface area (Å²) in [7, 11) is 0. The molecule has 1 atom stereocenters. The number of hydrogen-bond donors (Lipinski definition) is 2. The van der Waals surface area contributed by atoms with E-state index in [1.54, 1.807) is 12.1 Å². The van der Waals surface area contributed by atoms with Crippen LogP contribution < -0.4 is 5.32 Å². The first-order valence-electron chi connectivity index (χ1n) is 5.92. The lowest BCUT2D eigenvalue weighted by atomic mass is 9.93. The van der Waals surface area contributed by atoms with Crippen LogP contribution in [0.4, 0.5) is 5.69 Å². The van der Waals surface area contributed by atoms with Gasteiger partial charge in [-0.2, -0.15) is 0 Å². The van der Waals surface area contributed by atoms with Gasteiger partial charge in [0.1, 0.15) is 5.75 Å². The van der Waals surface area contributed by atoms with Crippen LogP contribution in [0, 0.1) is 0 Å². The van der Waals surface area contributed by atoms with Gasteiger partial charge in [-0.1, -0.05) is 30.3 Å². The van der Waals surface area contributed by atoms with E-state index in [4.69, 9.17) is 0 Å². The van der Waals surface area contributed by atoms with E-state index in [1.807, 2.05) is 36.4 Å². The molecule has 1 aliphatic heterocycles. The third kappa shape index (κ3) is 1.84. The number of fused-ring (bicyclic) bond motifs is 1. The van der Waals surface area contributed by atoms with Gasteiger partial charge in [0.2, 0.25) is 5.91 Å². The number of phenolic OH excluding ortho intramolecular Hbond substituents is 1. The van der Waals surface area contributed by atoms with Crippen molar-refractivity contribution in [3.8, 4) is 5.75 Å². The molecule has 0 saturated heterocycles. The number of nitrogens with one attached hydrogen (secondary N) is 1. The number of phenols is 1. The summed E-state index contributed by atoms with van der Waals surface area (Å²) < 4.78 is 0. The Balaban J connectivity index is 1.89. The van der Waals surface area contributed by atoms with Crippen LogP contribution in [-0.2, 0) is 11.2 Å². The minimum Gasteiger partial charge on any atom is -0.508 e. The Bertz CT molecular complexity index is 590. The van der Waals surface area contributed by atoms with Gasteiger partial charge < -0.3 is 10.4 Å². The van der Waals surface area contributed by atoms with Crippen molar-refractivity contribution in [2.24, 2.45) is 0 Å². The zero-order chi connectivity index (χ0) is 12.5. The lowest BCUT2D eigenvalue weighted by molar-refractivity contribution is -0.117. The quantitative estimate of drug-likeness (QED) is 0.846. The maximum atomic E-state index is 11.9. The molecular weight excluding hydrogens is 226 g/mol. The maximum Gasteiger partial charge on any atom is 0.232 e. The number of aromatic hydroxyl groups is 1. The topological polar surface area (TPSA) is 49.3 Å². The fraction of sp³-hybridized carbons (Fsp3) is 0.133. The van der Waals surface area contributed by atoms with Crippen molar-refractivity contribution in [3.63, 3.8) is 0 Å². The molecule has 0 radical (unpaired) electrons. The van der Waals surface area contributed by atoms with Crippen LogP contribution >= 0.6 is 0 Å². The average Bonchev–Trinajstić information content (AvgIpc) is 2.69. The second-order valence-electron chi connectivity index (χ2n) is 4.50. The molecule has 3 nitrogen and oxygen atoms in total. The molecule has 3 heteroatoms. The zero-order valence-corrected chi connectivity index (χ0v) is 9.76. The number of benzene rings is 2. The van der Waals surface area contributed by atoms with Gasteiger partial charge in [-0.3, -0.25) is 4.79 Å². The second-order valence-corrected chi connectivity index (χ2v) is 4.50. The molecule has 90 valence electrons. The highest BCUT2D eigenvalue weighted by molar-refractivity contribution is 6.03. The van der Waals surface area contributed by atoms with Crippen molar-refractivity contribution in [3.05, 3.63) is 59.7 Å². The van der Waals surface area contributed by atoms with Gasteiger partial charge in [-0.25, -0.2) is 0 Å². The predicted octanol–water partition coefficient (Wildman–Crippen LogP) is 2.67. The Morgan fingerprint density at radius 2 is 1.78 bits per heavy atom. The van der Waals surface area contributed by atoms with Crippen LogP contribution in [0.15, 0.2) is 48.5 Å². The number of amides is 1. The van der Waals surface area contributed by atoms with Crippen LogP contribution in [0.25, 0.3) is 0 Å². The Morgan fingerprint density at radius 3 is 2.56 bits per heavy atom. The van der Waals surface area contributed by atoms with Gasteiger partial charge >= 0.3 is 0 Å². The van der Waals surface area contributed by atoms with E-state index in [1.165, 1.54) is 0 Å². The third-order valence-corrected chi connectivity index (χ3v) is 3.29. The Labute approximate surface area is 105 Å². The molecule has 2 aromatic carbocycles. The third-order valence-electron chi connectivity index (χ3n) is 3.29. The van der Waals surface area contributed by atoms with Gasteiger partial charge in [0.25, 0.3) is 0 Å². The van der Waals surface area contributed by atoms with Gasteiger partial charge in [-0.15, -0.1) is 0 Å². The van der Waals surface area contributed by atoms with Gasteiger partial charge in [0.15, 0.2) is 0 Å². The summed E-state index contributed by atoms with van der Waals surface area (Å²) in [4.78, 5) is 11.9. The Kier molecular flexibility index (Phi) is 2.52. The first kappa shape index (κ1) is 10.8. The summed E-state index contributed by atoms with van der Waals surface area (Å²) in [6, 6.07) is 14.8. The molecule has 0 saturated carbocycles.